The third-order valence-electron chi connectivity index (χ3n) is 1.77. The van der Waals surface area contributed by atoms with Gasteiger partial charge in [-0.2, -0.15) is 0 Å². The Morgan fingerprint density at radius 1 is 1.67 bits per heavy atom. The van der Waals surface area contributed by atoms with E-state index in [0.717, 1.165) is 13.0 Å². The zero-order valence-electron chi connectivity index (χ0n) is 5.42. The van der Waals surface area contributed by atoms with Gasteiger partial charge in [0, 0.05) is 25.2 Å². The third kappa shape index (κ3) is 1.64. The van der Waals surface area contributed by atoms with Gasteiger partial charge in [0.05, 0.1) is 6.61 Å². The zero-order chi connectivity index (χ0) is 6.69. The molecule has 0 aromatic heterocycles. The molecule has 0 saturated carbocycles. The lowest BCUT2D eigenvalue weighted by atomic mass is 9.98. The van der Waals surface area contributed by atoms with Crippen LogP contribution in [0.5, 0.6) is 0 Å². The molecule has 1 aliphatic rings. The molecule has 0 radical (unpaired) electrons. The smallest absolute Gasteiger partial charge is 0.0531 e. The summed E-state index contributed by atoms with van der Waals surface area (Å²) >= 11 is 0. The molecule has 1 fully saturated rings. The normalized spacial score (nSPS) is 36.7. The van der Waals surface area contributed by atoms with Gasteiger partial charge in [-0.25, -0.2) is 0 Å². The summed E-state index contributed by atoms with van der Waals surface area (Å²) in [7, 11) is 0. The number of aliphatic hydroxyl groups excluding tert-OH is 1. The molecule has 0 aliphatic carbocycles. The predicted octanol–water partition coefficient (Wildman–Crippen LogP) is -0.658. The summed E-state index contributed by atoms with van der Waals surface area (Å²) in [5.41, 5.74) is 5.65. The van der Waals surface area contributed by atoms with Gasteiger partial charge in [-0.15, -0.1) is 0 Å². The molecule has 9 heavy (non-hydrogen) atoms. The molecular formula is C6H13NO2. The van der Waals surface area contributed by atoms with Crippen molar-refractivity contribution in [3.63, 3.8) is 0 Å². The zero-order valence-corrected chi connectivity index (χ0v) is 5.42. The van der Waals surface area contributed by atoms with Crippen molar-refractivity contribution < 1.29 is 9.84 Å². The second-order valence-corrected chi connectivity index (χ2v) is 2.47. The first-order valence-corrected chi connectivity index (χ1v) is 3.28. The van der Waals surface area contributed by atoms with Crippen LogP contribution >= 0.6 is 0 Å². The fourth-order valence-corrected chi connectivity index (χ4v) is 1.00. The van der Waals surface area contributed by atoms with E-state index in [4.69, 9.17) is 15.6 Å². The Labute approximate surface area is 54.8 Å². The fraction of sp³-hybridized carbons (Fsp3) is 1.00. The number of hydrogen-bond donors (Lipinski definition) is 2. The molecule has 0 amide bonds. The summed E-state index contributed by atoms with van der Waals surface area (Å²) in [6, 6.07) is 0.142. The highest BCUT2D eigenvalue weighted by Crippen LogP contribution is 2.10. The monoisotopic (exact) mass is 131 g/mol. The lowest BCUT2D eigenvalue weighted by Gasteiger charge is -2.26. The van der Waals surface area contributed by atoms with Gasteiger partial charge in [0.1, 0.15) is 0 Å². The van der Waals surface area contributed by atoms with Gasteiger partial charge in [0.2, 0.25) is 0 Å². The van der Waals surface area contributed by atoms with Gasteiger partial charge >= 0.3 is 0 Å². The fourth-order valence-electron chi connectivity index (χ4n) is 1.00. The molecule has 54 valence electrons. The number of rotatable bonds is 1. The molecule has 1 aliphatic heterocycles. The SMILES string of the molecule is NC1CCOCC1CO. The number of hydrogen-bond acceptors (Lipinski definition) is 3. The number of nitrogens with two attached hydrogens (primary N) is 1. The van der Waals surface area contributed by atoms with Crippen LogP contribution in [0.2, 0.25) is 0 Å². The molecule has 0 spiro atoms. The molecular weight excluding hydrogens is 118 g/mol. The largest absolute Gasteiger partial charge is 0.396 e. The summed E-state index contributed by atoms with van der Waals surface area (Å²) in [6.07, 6.45) is 0.880. The molecule has 1 heterocycles. The summed E-state index contributed by atoms with van der Waals surface area (Å²) in [4.78, 5) is 0. The molecule has 3 nitrogen and oxygen atoms in total. The lowest BCUT2D eigenvalue weighted by Crippen LogP contribution is -2.40. The van der Waals surface area contributed by atoms with E-state index in [-0.39, 0.29) is 18.6 Å². The van der Waals surface area contributed by atoms with Crippen LogP contribution in [0.4, 0.5) is 0 Å². The van der Waals surface area contributed by atoms with E-state index in [1.807, 2.05) is 0 Å². The van der Waals surface area contributed by atoms with Crippen LogP contribution in [0, 0.1) is 5.92 Å². The van der Waals surface area contributed by atoms with E-state index in [9.17, 15) is 0 Å². The van der Waals surface area contributed by atoms with E-state index in [1.54, 1.807) is 0 Å². The van der Waals surface area contributed by atoms with E-state index in [1.165, 1.54) is 0 Å². The van der Waals surface area contributed by atoms with E-state index >= 15 is 0 Å². The van der Waals surface area contributed by atoms with E-state index in [2.05, 4.69) is 0 Å². The Morgan fingerprint density at radius 2 is 2.44 bits per heavy atom. The Bertz CT molecular complexity index is 87.1. The minimum absolute atomic E-state index is 0.142. The Morgan fingerprint density at radius 3 is 2.89 bits per heavy atom. The van der Waals surface area contributed by atoms with Crippen LogP contribution in [-0.4, -0.2) is 31.0 Å². The second-order valence-electron chi connectivity index (χ2n) is 2.47. The Hall–Kier alpha value is -0.120. The third-order valence-corrected chi connectivity index (χ3v) is 1.77. The van der Waals surface area contributed by atoms with Crippen LogP contribution in [0.3, 0.4) is 0 Å². The Balaban J connectivity index is 2.30. The highest BCUT2D eigenvalue weighted by atomic mass is 16.5. The minimum Gasteiger partial charge on any atom is -0.396 e. The van der Waals surface area contributed by atoms with Gasteiger partial charge in [0.15, 0.2) is 0 Å². The van der Waals surface area contributed by atoms with Gasteiger partial charge in [-0.05, 0) is 6.42 Å². The van der Waals surface area contributed by atoms with Gasteiger partial charge < -0.3 is 15.6 Å². The molecule has 1 saturated heterocycles. The first-order chi connectivity index (χ1) is 4.34. The Kier molecular flexibility index (Phi) is 2.45. The van der Waals surface area contributed by atoms with Crippen LogP contribution < -0.4 is 5.73 Å². The quantitative estimate of drug-likeness (QED) is 0.497. The summed E-state index contributed by atoms with van der Waals surface area (Å²) in [5, 5.41) is 8.70. The van der Waals surface area contributed by atoms with Crippen molar-refractivity contribution in [2.75, 3.05) is 19.8 Å². The standard InChI is InChI=1S/C6H13NO2/c7-6-1-2-9-4-5(6)3-8/h5-6,8H,1-4,7H2. The molecule has 2 unspecified atom stereocenters. The first kappa shape index (κ1) is 6.99. The lowest BCUT2D eigenvalue weighted by molar-refractivity contribution is 0.0179. The van der Waals surface area contributed by atoms with Gasteiger partial charge in [0.25, 0.3) is 0 Å². The van der Waals surface area contributed by atoms with Crippen LogP contribution in [0.25, 0.3) is 0 Å². The average molecular weight is 131 g/mol. The second kappa shape index (κ2) is 3.15. The maximum Gasteiger partial charge on any atom is 0.0531 e. The van der Waals surface area contributed by atoms with Crippen molar-refractivity contribution in [3.8, 4) is 0 Å². The maximum atomic E-state index is 8.70. The number of ether oxygens (including phenoxy) is 1. The van der Waals surface area contributed by atoms with Gasteiger partial charge in [-0.1, -0.05) is 0 Å². The van der Waals surface area contributed by atoms with Crippen molar-refractivity contribution in [1.29, 1.82) is 0 Å². The van der Waals surface area contributed by atoms with Crippen LogP contribution in [0.15, 0.2) is 0 Å². The minimum atomic E-state index is 0.142. The first-order valence-electron chi connectivity index (χ1n) is 3.28. The molecule has 0 aromatic rings. The topological polar surface area (TPSA) is 55.5 Å². The molecule has 3 heteroatoms. The number of aliphatic hydroxyl groups is 1. The van der Waals surface area contributed by atoms with Crippen LogP contribution in [-0.2, 0) is 4.74 Å². The van der Waals surface area contributed by atoms with E-state index < -0.39 is 0 Å². The predicted molar refractivity (Wildman–Crippen MR) is 34.0 cm³/mol. The summed E-state index contributed by atoms with van der Waals surface area (Å²) < 4.78 is 5.10. The maximum absolute atomic E-state index is 8.70. The van der Waals surface area contributed by atoms with Crippen molar-refractivity contribution in [2.24, 2.45) is 11.7 Å². The van der Waals surface area contributed by atoms with E-state index in [0.29, 0.717) is 6.61 Å². The van der Waals surface area contributed by atoms with Crippen molar-refractivity contribution >= 4 is 0 Å². The molecule has 2 atom stereocenters. The summed E-state index contributed by atoms with van der Waals surface area (Å²) in [5.74, 6) is 0.166. The molecule has 3 N–H and O–H groups in total. The molecule has 1 rings (SSSR count). The van der Waals surface area contributed by atoms with Gasteiger partial charge in [-0.3, -0.25) is 0 Å². The van der Waals surface area contributed by atoms with Crippen molar-refractivity contribution in [2.45, 2.75) is 12.5 Å². The summed E-state index contributed by atoms with van der Waals surface area (Å²) in [6.45, 7) is 1.52. The van der Waals surface area contributed by atoms with Crippen molar-refractivity contribution in [1.82, 2.24) is 0 Å². The highest BCUT2D eigenvalue weighted by molar-refractivity contribution is 4.74. The highest BCUT2D eigenvalue weighted by Gasteiger charge is 2.20. The van der Waals surface area contributed by atoms with Crippen LogP contribution in [0.1, 0.15) is 6.42 Å². The molecule has 0 bridgehead atoms. The molecule has 0 aromatic carbocycles. The average Bonchev–Trinajstić information content (AvgIpc) is 1.89. The van der Waals surface area contributed by atoms with Crippen molar-refractivity contribution in [3.05, 3.63) is 0 Å².